The SMILES string of the molecule is CCCC[C@@H](C)/C(=C/[C@H](O)CCCC)S(=O)c1ccc(C)cc1. The maximum atomic E-state index is 13.0. The smallest absolute Gasteiger partial charge is 0.0808 e. The third-order valence-corrected chi connectivity index (χ3v) is 5.80. The first-order valence-electron chi connectivity index (χ1n) is 8.87. The molecule has 0 heterocycles. The topological polar surface area (TPSA) is 37.3 Å². The lowest BCUT2D eigenvalue weighted by atomic mass is 10.0. The normalized spacial score (nSPS) is 16.1. The molecule has 0 aliphatic heterocycles. The van der Waals surface area contributed by atoms with Crippen LogP contribution >= 0.6 is 0 Å². The molecule has 0 saturated carbocycles. The van der Waals surface area contributed by atoms with E-state index in [0.29, 0.717) is 0 Å². The molecule has 0 amide bonds. The maximum absolute atomic E-state index is 13.0. The molecule has 1 unspecified atom stereocenters. The monoisotopic (exact) mass is 336 g/mol. The van der Waals surface area contributed by atoms with Crippen LogP contribution in [0.4, 0.5) is 0 Å². The Kier molecular flexibility index (Phi) is 9.42. The van der Waals surface area contributed by atoms with Crippen molar-refractivity contribution >= 4 is 10.8 Å². The first kappa shape index (κ1) is 20.1. The van der Waals surface area contributed by atoms with Crippen molar-refractivity contribution in [3.8, 4) is 0 Å². The molecular weight excluding hydrogens is 304 g/mol. The van der Waals surface area contributed by atoms with Gasteiger partial charge in [0.1, 0.15) is 0 Å². The van der Waals surface area contributed by atoms with Crippen LogP contribution < -0.4 is 0 Å². The maximum Gasteiger partial charge on any atom is 0.0808 e. The Bertz CT molecular complexity index is 505. The van der Waals surface area contributed by atoms with Crippen LogP contribution in [0.25, 0.3) is 0 Å². The minimum atomic E-state index is -1.19. The number of unbranched alkanes of at least 4 members (excludes halogenated alkanes) is 2. The minimum Gasteiger partial charge on any atom is -0.389 e. The summed E-state index contributed by atoms with van der Waals surface area (Å²) in [5, 5.41) is 10.3. The molecule has 1 rings (SSSR count). The Balaban J connectivity index is 2.99. The second-order valence-corrected chi connectivity index (χ2v) is 7.88. The summed E-state index contributed by atoms with van der Waals surface area (Å²) in [6, 6.07) is 7.86. The lowest BCUT2D eigenvalue weighted by Crippen LogP contribution is -2.12. The zero-order valence-corrected chi connectivity index (χ0v) is 15.9. The van der Waals surface area contributed by atoms with E-state index >= 15 is 0 Å². The molecule has 0 aromatic heterocycles. The molecule has 0 spiro atoms. The van der Waals surface area contributed by atoms with E-state index in [0.717, 1.165) is 48.3 Å². The number of allylic oxidation sites excluding steroid dienone is 1. The molecule has 1 aromatic carbocycles. The molecule has 1 N–H and O–H groups in total. The van der Waals surface area contributed by atoms with E-state index < -0.39 is 16.9 Å². The molecule has 0 fully saturated rings. The van der Waals surface area contributed by atoms with E-state index in [1.54, 1.807) is 0 Å². The molecule has 3 heteroatoms. The van der Waals surface area contributed by atoms with Crippen LogP contribution in [0.1, 0.15) is 64.9 Å². The predicted molar refractivity (Wildman–Crippen MR) is 99.9 cm³/mol. The van der Waals surface area contributed by atoms with Crippen molar-refractivity contribution < 1.29 is 9.32 Å². The fourth-order valence-electron chi connectivity index (χ4n) is 2.55. The summed E-state index contributed by atoms with van der Waals surface area (Å²) in [5.41, 5.74) is 1.17. The molecule has 23 heavy (non-hydrogen) atoms. The summed E-state index contributed by atoms with van der Waals surface area (Å²) in [6.07, 6.45) is 7.42. The lowest BCUT2D eigenvalue weighted by molar-refractivity contribution is 0.208. The summed E-state index contributed by atoms with van der Waals surface area (Å²) >= 11 is 0. The minimum absolute atomic E-state index is 0.230. The largest absolute Gasteiger partial charge is 0.389 e. The highest BCUT2D eigenvalue weighted by Gasteiger charge is 2.18. The Morgan fingerprint density at radius 2 is 1.70 bits per heavy atom. The zero-order valence-electron chi connectivity index (χ0n) is 15.0. The predicted octanol–water partition coefficient (Wildman–Crippen LogP) is 5.36. The van der Waals surface area contributed by atoms with Gasteiger partial charge in [-0.2, -0.15) is 0 Å². The Labute approximate surface area is 144 Å². The van der Waals surface area contributed by atoms with Crippen molar-refractivity contribution in [2.75, 3.05) is 0 Å². The molecule has 0 radical (unpaired) electrons. The van der Waals surface area contributed by atoms with Crippen LogP contribution in [0, 0.1) is 12.8 Å². The van der Waals surface area contributed by atoms with Crippen LogP contribution in [-0.4, -0.2) is 15.4 Å². The van der Waals surface area contributed by atoms with Gasteiger partial charge >= 0.3 is 0 Å². The van der Waals surface area contributed by atoms with Gasteiger partial charge in [-0.05, 0) is 43.9 Å². The van der Waals surface area contributed by atoms with Crippen molar-refractivity contribution in [3.05, 3.63) is 40.8 Å². The summed E-state index contributed by atoms with van der Waals surface area (Å²) in [4.78, 5) is 1.71. The average molecular weight is 337 g/mol. The zero-order chi connectivity index (χ0) is 17.2. The van der Waals surface area contributed by atoms with Gasteiger partial charge in [0.05, 0.1) is 16.9 Å². The van der Waals surface area contributed by atoms with Gasteiger partial charge in [-0.3, -0.25) is 0 Å². The second-order valence-electron chi connectivity index (χ2n) is 6.40. The van der Waals surface area contributed by atoms with Crippen molar-refractivity contribution in [1.29, 1.82) is 0 Å². The van der Waals surface area contributed by atoms with E-state index in [9.17, 15) is 9.32 Å². The lowest BCUT2D eigenvalue weighted by Gasteiger charge is -2.18. The van der Waals surface area contributed by atoms with Crippen LogP contribution in [-0.2, 0) is 10.8 Å². The highest BCUT2D eigenvalue weighted by Crippen LogP contribution is 2.26. The summed E-state index contributed by atoms with van der Waals surface area (Å²) in [5.74, 6) is 0.230. The van der Waals surface area contributed by atoms with E-state index in [1.165, 1.54) is 5.56 Å². The van der Waals surface area contributed by atoms with Gasteiger partial charge in [-0.25, -0.2) is 4.21 Å². The van der Waals surface area contributed by atoms with E-state index in [1.807, 2.05) is 37.3 Å². The third kappa shape index (κ3) is 7.01. The molecule has 0 saturated heterocycles. The summed E-state index contributed by atoms with van der Waals surface area (Å²) < 4.78 is 13.0. The van der Waals surface area contributed by atoms with Gasteiger partial charge in [-0.15, -0.1) is 0 Å². The highest BCUT2D eigenvalue weighted by molar-refractivity contribution is 7.89. The molecule has 130 valence electrons. The molecule has 2 nitrogen and oxygen atoms in total. The third-order valence-electron chi connectivity index (χ3n) is 4.14. The van der Waals surface area contributed by atoms with Crippen molar-refractivity contribution in [3.63, 3.8) is 0 Å². The van der Waals surface area contributed by atoms with Crippen molar-refractivity contribution in [1.82, 2.24) is 0 Å². The van der Waals surface area contributed by atoms with Gasteiger partial charge in [0.2, 0.25) is 0 Å². The van der Waals surface area contributed by atoms with E-state index in [-0.39, 0.29) is 5.92 Å². The summed E-state index contributed by atoms with van der Waals surface area (Å²) in [6.45, 7) is 8.44. The van der Waals surface area contributed by atoms with Gasteiger partial charge < -0.3 is 5.11 Å². The number of aryl methyl sites for hydroxylation is 1. The van der Waals surface area contributed by atoms with E-state index in [2.05, 4.69) is 20.8 Å². The van der Waals surface area contributed by atoms with Crippen LogP contribution in [0.2, 0.25) is 0 Å². The van der Waals surface area contributed by atoms with E-state index in [4.69, 9.17) is 0 Å². The number of hydrogen-bond donors (Lipinski definition) is 1. The molecule has 3 atom stereocenters. The Morgan fingerprint density at radius 1 is 1.13 bits per heavy atom. The summed E-state index contributed by atoms with van der Waals surface area (Å²) in [7, 11) is -1.19. The molecule has 0 aliphatic carbocycles. The van der Waals surface area contributed by atoms with Crippen molar-refractivity contribution in [2.45, 2.75) is 77.2 Å². The van der Waals surface area contributed by atoms with Crippen LogP contribution in [0.5, 0.6) is 0 Å². The van der Waals surface area contributed by atoms with Crippen molar-refractivity contribution in [2.24, 2.45) is 5.92 Å². The number of aliphatic hydroxyl groups is 1. The molecule has 0 bridgehead atoms. The Morgan fingerprint density at radius 3 is 2.26 bits per heavy atom. The van der Waals surface area contributed by atoms with Gasteiger partial charge in [0.15, 0.2) is 0 Å². The fourth-order valence-corrected chi connectivity index (χ4v) is 3.96. The second kappa shape index (κ2) is 10.8. The van der Waals surface area contributed by atoms with Gasteiger partial charge in [0.25, 0.3) is 0 Å². The molecule has 1 aromatic rings. The molecule has 0 aliphatic rings. The molecular formula is C20H32O2S. The number of hydrogen-bond acceptors (Lipinski definition) is 2. The first-order chi connectivity index (χ1) is 11.0. The Hall–Kier alpha value is -0.930. The van der Waals surface area contributed by atoms with Gasteiger partial charge in [-0.1, -0.05) is 64.2 Å². The number of rotatable bonds is 10. The quantitative estimate of drug-likeness (QED) is 0.624. The average Bonchev–Trinajstić information content (AvgIpc) is 2.55. The van der Waals surface area contributed by atoms with Gasteiger partial charge in [0, 0.05) is 9.80 Å². The fraction of sp³-hybridized carbons (Fsp3) is 0.600. The number of aliphatic hydroxyl groups excluding tert-OH is 1. The number of benzene rings is 1. The first-order valence-corrected chi connectivity index (χ1v) is 10.0. The standard InChI is InChI=1S/C20H32O2S/c1-5-7-9-17(4)20(15-18(21)10-8-6-2)23(22)19-13-11-16(3)12-14-19/h11-15,17-18,21H,5-10H2,1-4H3/b20-15-/t17-,18-,23?/m1/s1. The highest BCUT2D eigenvalue weighted by atomic mass is 32.2. The van der Waals surface area contributed by atoms with Crippen LogP contribution in [0.15, 0.2) is 40.1 Å². The van der Waals surface area contributed by atoms with Crippen LogP contribution in [0.3, 0.4) is 0 Å².